The Morgan fingerprint density at radius 1 is 1.37 bits per heavy atom. The molecule has 0 aliphatic rings. The summed E-state index contributed by atoms with van der Waals surface area (Å²) in [6.45, 7) is 3.51. The van der Waals surface area contributed by atoms with E-state index in [9.17, 15) is 18.0 Å². The summed E-state index contributed by atoms with van der Waals surface area (Å²) < 4.78 is 38.4. The Kier molecular flexibility index (Phi) is 5.15. The van der Waals surface area contributed by atoms with E-state index in [1.807, 2.05) is 0 Å². The lowest BCUT2D eigenvalue weighted by Crippen LogP contribution is -2.28. The first-order chi connectivity index (χ1) is 8.62. The quantitative estimate of drug-likeness (QED) is 0.803. The van der Waals surface area contributed by atoms with Gasteiger partial charge in [0.05, 0.1) is 16.5 Å². The summed E-state index contributed by atoms with van der Waals surface area (Å²) in [5.41, 5.74) is -1.29. The van der Waals surface area contributed by atoms with Gasteiger partial charge in [-0.3, -0.25) is 4.79 Å². The van der Waals surface area contributed by atoms with Crippen molar-refractivity contribution in [3.8, 4) is 0 Å². The lowest BCUT2D eigenvalue weighted by molar-refractivity contribution is -0.137. The number of thiol groups is 1. The number of alkyl halides is 3. The molecule has 0 bridgehead atoms. The Balaban J connectivity index is 3.05. The van der Waals surface area contributed by atoms with Crippen LogP contribution < -0.4 is 5.32 Å². The number of nitrogens with one attached hydrogen (secondary N) is 1. The van der Waals surface area contributed by atoms with Crippen molar-refractivity contribution >= 4 is 35.8 Å². The number of carbonyl (C=O) groups is 1. The molecule has 1 atom stereocenters. The fourth-order valence-electron chi connectivity index (χ4n) is 1.37. The van der Waals surface area contributed by atoms with Crippen LogP contribution >= 0.6 is 24.2 Å². The van der Waals surface area contributed by atoms with E-state index in [0.717, 1.165) is 12.1 Å². The fraction of sp³-hybridized carbons (Fsp3) is 0.417. The topological polar surface area (TPSA) is 29.1 Å². The Morgan fingerprint density at radius 3 is 2.42 bits per heavy atom. The molecular formula is C12H13ClF3NOS. The van der Waals surface area contributed by atoms with Crippen molar-refractivity contribution in [2.45, 2.75) is 25.3 Å². The smallest absolute Gasteiger partial charge is 0.325 e. The van der Waals surface area contributed by atoms with Crippen molar-refractivity contribution in [3.63, 3.8) is 0 Å². The van der Waals surface area contributed by atoms with Gasteiger partial charge in [0.1, 0.15) is 0 Å². The highest BCUT2D eigenvalue weighted by atomic mass is 35.5. The third kappa shape index (κ3) is 4.31. The predicted molar refractivity (Wildman–Crippen MR) is 72.7 cm³/mol. The number of hydrogen-bond donors (Lipinski definition) is 2. The monoisotopic (exact) mass is 311 g/mol. The lowest BCUT2D eigenvalue weighted by atomic mass is 10.1. The zero-order valence-corrected chi connectivity index (χ0v) is 11.9. The number of benzene rings is 1. The highest BCUT2D eigenvalue weighted by Gasteiger charge is 2.34. The van der Waals surface area contributed by atoms with Gasteiger partial charge in [0.15, 0.2) is 0 Å². The molecule has 1 amide bonds. The first-order valence-corrected chi connectivity index (χ1v) is 6.38. The molecule has 0 aromatic heterocycles. The molecule has 0 aliphatic heterocycles. The van der Waals surface area contributed by atoms with E-state index in [-0.39, 0.29) is 16.6 Å². The number of hydrogen-bond acceptors (Lipinski definition) is 2. The first kappa shape index (κ1) is 16.2. The van der Waals surface area contributed by atoms with E-state index in [1.165, 1.54) is 6.07 Å². The average molecular weight is 312 g/mol. The van der Waals surface area contributed by atoms with Crippen molar-refractivity contribution < 1.29 is 18.0 Å². The molecule has 19 heavy (non-hydrogen) atoms. The summed E-state index contributed by atoms with van der Waals surface area (Å²) in [6.07, 6.45) is -4.59. The highest BCUT2D eigenvalue weighted by Crippen LogP contribution is 2.36. The Labute approximate surface area is 119 Å². The maximum absolute atomic E-state index is 12.8. The third-order valence-electron chi connectivity index (χ3n) is 2.44. The summed E-state index contributed by atoms with van der Waals surface area (Å²) in [4.78, 5) is 11.7. The standard InChI is InChI=1S/C12H13ClF3NOS/c1-6(2)10(19)11(18)17-9-4-3-7(13)5-8(9)12(14,15)16/h3-6,10,19H,1-2H3,(H,17,18). The van der Waals surface area contributed by atoms with Gasteiger partial charge in [0.25, 0.3) is 0 Å². The van der Waals surface area contributed by atoms with Gasteiger partial charge in [-0.15, -0.1) is 0 Å². The van der Waals surface area contributed by atoms with Crippen LogP contribution in [0.15, 0.2) is 18.2 Å². The van der Waals surface area contributed by atoms with Crippen LogP contribution in [-0.2, 0) is 11.0 Å². The van der Waals surface area contributed by atoms with Crippen molar-refractivity contribution in [2.75, 3.05) is 5.32 Å². The van der Waals surface area contributed by atoms with Crippen molar-refractivity contribution in [1.29, 1.82) is 0 Å². The van der Waals surface area contributed by atoms with E-state index >= 15 is 0 Å². The molecule has 7 heteroatoms. The molecule has 2 nitrogen and oxygen atoms in total. The van der Waals surface area contributed by atoms with Crippen LogP contribution in [0, 0.1) is 5.92 Å². The summed E-state index contributed by atoms with van der Waals surface area (Å²) in [5, 5.41) is 1.50. The minimum Gasteiger partial charge on any atom is -0.325 e. The number of anilines is 1. The zero-order chi connectivity index (χ0) is 14.8. The van der Waals surface area contributed by atoms with Crippen LogP contribution in [0.5, 0.6) is 0 Å². The van der Waals surface area contributed by atoms with Crippen LogP contribution in [0.1, 0.15) is 19.4 Å². The predicted octanol–water partition coefficient (Wildman–Crippen LogP) is 4.25. The average Bonchev–Trinajstić information content (AvgIpc) is 2.28. The van der Waals surface area contributed by atoms with Crippen molar-refractivity contribution in [3.05, 3.63) is 28.8 Å². The molecule has 1 unspecified atom stereocenters. The molecular weight excluding hydrogens is 299 g/mol. The van der Waals surface area contributed by atoms with Crippen LogP contribution in [0.3, 0.4) is 0 Å². The molecule has 1 aromatic carbocycles. The summed E-state index contributed by atoms with van der Waals surface area (Å²) in [6, 6.07) is 3.19. The lowest BCUT2D eigenvalue weighted by Gasteiger charge is -2.18. The Bertz CT molecular complexity index is 477. The molecule has 0 spiro atoms. The van der Waals surface area contributed by atoms with E-state index in [0.29, 0.717) is 0 Å². The van der Waals surface area contributed by atoms with Crippen molar-refractivity contribution in [1.82, 2.24) is 0 Å². The molecule has 1 rings (SSSR count). The number of carbonyl (C=O) groups excluding carboxylic acids is 1. The van der Waals surface area contributed by atoms with Gasteiger partial charge in [-0.05, 0) is 24.1 Å². The second-order valence-electron chi connectivity index (χ2n) is 4.37. The molecule has 106 valence electrons. The molecule has 0 saturated heterocycles. The van der Waals surface area contributed by atoms with E-state index in [4.69, 9.17) is 11.6 Å². The number of halogens is 4. The maximum Gasteiger partial charge on any atom is 0.418 e. The second kappa shape index (κ2) is 6.05. The molecule has 1 N–H and O–H groups in total. The Hall–Kier alpha value is -0.880. The summed E-state index contributed by atoms with van der Waals surface area (Å²) >= 11 is 9.60. The molecule has 0 fully saturated rings. The van der Waals surface area contributed by atoms with Gasteiger partial charge in [-0.2, -0.15) is 25.8 Å². The number of amides is 1. The van der Waals surface area contributed by atoms with Crippen molar-refractivity contribution in [2.24, 2.45) is 5.92 Å². The largest absolute Gasteiger partial charge is 0.418 e. The van der Waals surface area contributed by atoms with Gasteiger partial charge < -0.3 is 5.32 Å². The van der Waals surface area contributed by atoms with E-state index < -0.39 is 22.9 Å². The SMILES string of the molecule is CC(C)C(S)C(=O)Nc1ccc(Cl)cc1C(F)(F)F. The zero-order valence-electron chi connectivity index (χ0n) is 10.3. The maximum atomic E-state index is 12.8. The van der Waals surface area contributed by atoms with E-state index in [2.05, 4.69) is 17.9 Å². The van der Waals surface area contributed by atoms with Crippen LogP contribution in [-0.4, -0.2) is 11.2 Å². The second-order valence-corrected chi connectivity index (χ2v) is 5.36. The van der Waals surface area contributed by atoms with E-state index in [1.54, 1.807) is 13.8 Å². The van der Waals surface area contributed by atoms with Gasteiger partial charge in [-0.25, -0.2) is 0 Å². The van der Waals surface area contributed by atoms with Gasteiger partial charge in [0.2, 0.25) is 5.91 Å². The van der Waals surface area contributed by atoms with Gasteiger partial charge in [-0.1, -0.05) is 25.4 Å². The van der Waals surface area contributed by atoms with Crippen LogP contribution in [0.25, 0.3) is 0 Å². The molecule has 0 heterocycles. The normalized spacial score (nSPS) is 13.5. The van der Waals surface area contributed by atoms with Crippen LogP contribution in [0.2, 0.25) is 5.02 Å². The molecule has 0 radical (unpaired) electrons. The summed E-state index contributed by atoms with van der Waals surface area (Å²) in [5.74, 6) is -0.670. The van der Waals surface area contributed by atoms with Gasteiger partial charge in [0, 0.05) is 5.02 Å². The first-order valence-electron chi connectivity index (χ1n) is 5.48. The third-order valence-corrected chi connectivity index (χ3v) is 3.51. The molecule has 0 aliphatic carbocycles. The highest BCUT2D eigenvalue weighted by molar-refractivity contribution is 7.81. The molecule has 0 saturated carbocycles. The summed E-state index contributed by atoms with van der Waals surface area (Å²) in [7, 11) is 0. The number of rotatable bonds is 3. The Morgan fingerprint density at radius 2 is 1.95 bits per heavy atom. The fourth-order valence-corrected chi connectivity index (χ4v) is 1.61. The van der Waals surface area contributed by atoms with Crippen LogP contribution in [0.4, 0.5) is 18.9 Å². The van der Waals surface area contributed by atoms with Gasteiger partial charge >= 0.3 is 6.18 Å². The minimum absolute atomic E-state index is 0.0448. The minimum atomic E-state index is -4.59. The molecule has 1 aromatic rings.